The lowest BCUT2D eigenvalue weighted by Crippen LogP contribution is -2.35. The molecule has 0 heterocycles. The molecule has 0 fully saturated rings. The van der Waals surface area contributed by atoms with Gasteiger partial charge in [-0.05, 0) is 0 Å². The molecule has 0 saturated heterocycles. The van der Waals surface area contributed by atoms with Gasteiger partial charge in [-0.3, -0.25) is 9.59 Å². The van der Waals surface area contributed by atoms with Gasteiger partial charge in [0.2, 0.25) is 5.78 Å². The van der Waals surface area contributed by atoms with E-state index in [-0.39, 0.29) is 0 Å². The maximum Gasteiger partial charge on any atom is 0.450 e. The third-order valence-corrected chi connectivity index (χ3v) is 2.49. The van der Waals surface area contributed by atoms with Gasteiger partial charge in [0.25, 0.3) is 0 Å². The minimum absolute atomic E-state index is 1.50. The Morgan fingerprint density at radius 3 is 2.08 bits per heavy atom. The zero-order valence-electron chi connectivity index (χ0n) is 6.27. The van der Waals surface area contributed by atoms with E-state index in [9.17, 15) is 27.2 Å². The quantitative estimate of drug-likeness (QED) is 0.394. The molecule has 1 unspecified atom stereocenters. The fourth-order valence-electron chi connectivity index (χ4n) is 0.622. The molecule has 8 heteroatoms. The number of hydrogen-bond donors (Lipinski definition) is 1. The van der Waals surface area contributed by atoms with Gasteiger partial charge in [-0.25, -0.2) is 4.39 Å². The van der Waals surface area contributed by atoms with Crippen LogP contribution in [0.15, 0.2) is 0 Å². The molecule has 0 aromatic carbocycles. The molecule has 1 atom stereocenters. The van der Waals surface area contributed by atoms with Crippen molar-refractivity contribution in [2.24, 2.45) is 0 Å². The van der Waals surface area contributed by atoms with Gasteiger partial charge in [0.1, 0.15) is 12.2 Å². The summed E-state index contributed by atoms with van der Waals surface area (Å²) in [7, 11) is -2.52. The Hall–Kier alpha value is -0.763. The van der Waals surface area contributed by atoms with Crippen molar-refractivity contribution < 1.29 is 31.9 Å². The molecule has 0 amide bonds. The second-order valence-corrected chi connectivity index (χ2v) is 3.38. The number of Topliss-reactive ketones (excluding diaryl/α,β-unsaturated/α-hetero) is 2. The zero-order chi connectivity index (χ0) is 10.6. The predicted octanol–water partition coefficient (Wildman–Crippen LogP) is -0.479. The summed E-state index contributed by atoms with van der Waals surface area (Å²) in [4.78, 5) is 29.2. The first-order valence-corrected chi connectivity index (χ1v) is 4.60. The van der Waals surface area contributed by atoms with Crippen LogP contribution in [-0.2, 0) is 9.59 Å². The lowest BCUT2D eigenvalue weighted by atomic mass is 10.2. The Kier molecular flexibility index (Phi) is 4.20. The maximum absolute atomic E-state index is 11.7. The van der Waals surface area contributed by atoms with Crippen molar-refractivity contribution in [1.29, 1.82) is 0 Å². The van der Waals surface area contributed by atoms with E-state index < -0.39 is 39.7 Å². The van der Waals surface area contributed by atoms with Crippen molar-refractivity contribution in [2.45, 2.75) is 11.7 Å². The summed E-state index contributed by atoms with van der Waals surface area (Å²) in [6.07, 6.45) is -5.19. The van der Waals surface area contributed by atoms with Gasteiger partial charge >= 0.3 is 6.18 Å². The molecule has 13 heavy (non-hydrogen) atoms. The Morgan fingerprint density at radius 2 is 1.85 bits per heavy atom. The van der Waals surface area contributed by atoms with E-state index in [2.05, 4.69) is 0 Å². The fourth-order valence-corrected chi connectivity index (χ4v) is 1.33. The molecular weight excluding hydrogens is 212 g/mol. The lowest BCUT2D eigenvalue weighted by molar-refractivity contribution is -0.172. The molecule has 0 spiro atoms. The van der Waals surface area contributed by atoms with E-state index in [4.69, 9.17) is 4.80 Å². The molecule has 0 aromatic rings. The number of ketones is 2. The van der Waals surface area contributed by atoms with E-state index in [1.165, 1.54) is 0 Å². The average molecular weight is 218 g/mol. The molecule has 76 valence electrons. The number of alkyl halides is 4. The average Bonchev–Trinajstić information content (AvgIpc) is 2.03. The Morgan fingerprint density at radius 1 is 1.38 bits per heavy atom. The SMILES string of the molecule is O=C(CF)C([SiH2]O)C(=O)C(F)(F)F. The van der Waals surface area contributed by atoms with Crippen LogP contribution in [0, 0.1) is 0 Å². The summed E-state index contributed by atoms with van der Waals surface area (Å²) in [6.45, 7) is -1.67. The van der Waals surface area contributed by atoms with Crippen LogP contribution in [0.3, 0.4) is 0 Å². The van der Waals surface area contributed by atoms with Gasteiger partial charge in [0, 0.05) is 0 Å². The number of rotatable bonds is 4. The van der Waals surface area contributed by atoms with Gasteiger partial charge in [-0.1, -0.05) is 0 Å². The Balaban J connectivity index is 4.60. The smallest absolute Gasteiger partial charge is 0.437 e. The first-order valence-electron chi connectivity index (χ1n) is 3.15. The van der Waals surface area contributed by atoms with Crippen LogP contribution >= 0.6 is 0 Å². The van der Waals surface area contributed by atoms with Gasteiger partial charge in [0.05, 0.1) is 0 Å². The van der Waals surface area contributed by atoms with Crippen molar-refractivity contribution in [2.75, 3.05) is 6.67 Å². The van der Waals surface area contributed by atoms with Crippen LogP contribution in [0.1, 0.15) is 0 Å². The van der Waals surface area contributed by atoms with Crippen LogP contribution < -0.4 is 0 Å². The second kappa shape index (κ2) is 4.47. The van der Waals surface area contributed by atoms with E-state index in [0.29, 0.717) is 0 Å². The Labute approximate surface area is 72.7 Å². The highest BCUT2D eigenvalue weighted by atomic mass is 28.2. The first-order chi connectivity index (χ1) is 5.84. The minimum atomic E-state index is -5.19. The topological polar surface area (TPSA) is 54.4 Å². The molecule has 0 aliphatic carbocycles. The van der Waals surface area contributed by atoms with Crippen LogP contribution in [-0.4, -0.2) is 39.0 Å². The minimum Gasteiger partial charge on any atom is -0.437 e. The molecule has 0 rings (SSSR count). The summed E-state index contributed by atoms with van der Waals surface area (Å²) in [5, 5.41) is 0. The van der Waals surface area contributed by atoms with E-state index in [0.717, 1.165) is 0 Å². The van der Waals surface area contributed by atoms with Crippen LogP contribution in [0.4, 0.5) is 17.6 Å². The summed E-state index contributed by atoms with van der Waals surface area (Å²) < 4.78 is 46.6. The highest BCUT2D eigenvalue weighted by Gasteiger charge is 2.45. The van der Waals surface area contributed by atoms with Crippen LogP contribution in [0.25, 0.3) is 0 Å². The largest absolute Gasteiger partial charge is 0.450 e. The van der Waals surface area contributed by atoms with E-state index >= 15 is 0 Å². The van der Waals surface area contributed by atoms with Gasteiger partial charge in [-0.2, -0.15) is 13.2 Å². The molecule has 0 saturated carbocycles. The fraction of sp³-hybridized carbons (Fsp3) is 0.600. The first kappa shape index (κ1) is 12.2. The molecule has 1 N–H and O–H groups in total. The summed E-state index contributed by atoms with van der Waals surface area (Å²) in [5.74, 6) is -3.86. The predicted molar refractivity (Wildman–Crippen MR) is 36.6 cm³/mol. The van der Waals surface area contributed by atoms with Crippen LogP contribution in [0.2, 0.25) is 5.54 Å². The third kappa shape index (κ3) is 3.23. The van der Waals surface area contributed by atoms with Crippen molar-refractivity contribution in [3.05, 3.63) is 0 Å². The number of halogens is 4. The normalized spacial score (nSPS) is 14.8. The molecule has 0 aromatic heterocycles. The molecule has 3 nitrogen and oxygen atoms in total. The van der Waals surface area contributed by atoms with E-state index in [1.54, 1.807) is 0 Å². The van der Waals surface area contributed by atoms with Gasteiger partial charge < -0.3 is 4.80 Å². The monoisotopic (exact) mass is 218 g/mol. The molecule has 0 aliphatic rings. The van der Waals surface area contributed by atoms with Crippen LogP contribution in [0.5, 0.6) is 0 Å². The highest BCUT2D eigenvalue weighted by Crippen LogP contribution is 2.23. The summed E-state index contributed by atoms with van der Waals surface area (Å²) >= 11 is 0. The van der Waals surface area contributed by atoms with Crippen molar-refractivity contribution in [3.63, 3.8) is 0 Å². The number of carbonyl (C=O) groups excluding carboxylic acids is 2. The van der Waals surface area contributed by atoms with Gasteiger partial charge in [0.15, 0.2) is 15.5 Å². The molecule has 0 aliphatic heterocycles. The molecule has 0 radical (unpaired) electrons. The van der Waals surface area contributed by atoms with Crippen molar-refractivity contribution in [3.8, 4) is 0 Å². The lowest BCUT2D eigenvalue weighted by Gasteiger charge is -2.11. The molecule has 0 bridgehead atoms. The molecular formula is C5H6F4O3Si. The second-order valence-electron chi connectivity index (χ2n) is 2.20. The van der Waals surface area contributed by atoms with E-state index in [1.807, 2.05) is 0 Å². The standard InChI is InChI=1S/C5H6F4O3Si/c6-1-2(10)3(13-12)4(11)5(7,8)9/h3,12H,1,13H2. The van der Waals surface area contributed by atoms with Crippen molar-refractivity contribution in [1.82, 2.24) is 0 Å². The van der Waals surface area contributed by atoms with Crippen molar-refractivity contribution >= 4 is 21.3 Å². The third-order valence-electron chi connectivity index (χ3n) is 1.30. The maximum atomic E-state index is 11.7. The summed E-state index contributed by atoms with van der Waals surface area (Å²) in [5.41, 5.74) is -2.19. The van der Waals surface area contributed by atoms with Gasteiger partial charge in [-0.15, -0.1) is 0 Å². The summed E-state index contributed by atoms with van der Waals surface area (Å²) in [6, 6.07) is 0. The number of carbonyl (C=O) groups is 2. The zero-order valence-corrected chi connectivity index (χ0v) is 7.68. The Bertz CT molecular complexity index is 214. The number of hydrogen-bond acceptors (Lipinski definition) is 3. The highest BCUT2D eigenvalue weighted by molar-refractivity contribution is 6.46.